The number of rotatable bonds is 16. The minimum absolute atomic E-state index is 0.135. The number of benzene rings is 3. The molecular formula is C40H53ClN12O2S. The zero-order valence-electron chi connectivity index (χ0n) is 32.2. The second kappa shape index (κ2) is 21.6. The number of para-hydroxylation sites is 1. The maximum Gasteiger partial charge on any atom is 0.323 e. The number of aromatic nitrogens is 4. The van der Waals surface area contributed by atoms with Gasteiger partial charge in [0.1, 0.15) is 17.7 Å². The van der Waals surface area contributed by atoms with Gasteiger partial charge in [-0.2, -0.15) is 15.0 Å². The lowest BCUT2D eigenvalue weighted by Gasteiger charge is -2.24. The molecule has 1 saturated heterocycles. The van der Waals surface area contributed by atoms with Crippen molar-refractivity contribution in [3.8, 4) is 16.6 Å². The van der Waals surface area contributed by atoms with E-state index in [1.165, 1.54) is 4.70 Å². The Bertz CT molecular complexity index is 1900. The van der Waals surface area contributed by atoms with Crippen molar-refractivity contribution in [1.82, 2.24) is 46.1 Å². The number of nitrogens with zero attached hydrogens (tertiary/aromatic N) is 6. The third-order valence-corrected chi connectivity index (χ3v) is 10.7. The molecule has 0 spiro atoms. The van der Waals surface area contributed by atoms with Crippen LogP contribution in [-0.4, -0.2) is 122 Å². The van der Waals surface area contributed by atoms with Gasteiger partial charge in [-0.3, -0.25) is 4.79 Å². The van der Waals surface area contributed by atoms with Crippen LogP contribution in [0, 0.1) is 0 Å². The number of fused-ring (bicyclic) bond motifs is 1. The highest BCUT2D eigenvalue weighted by Gasteiger charge is 2.17. The third-order valence-electron chi connectivity index (χ3n) is 9.34. The summed E-state index contributed by atoms with van der Waals surface area (Å²) < 4.78 is 7.25. The monoisotopic (exact) mass is 800 g/mol. The molecule has 14 nitrogen and oxygen atoms in total. The lowest BCUT2D eigenvalue weighted by atomic mass is 10.2. The van der Waals surface area contributed by atoms with Crippen LogP contribution in [0.1, 0.15) is 18.9 Å². The van der Waals surface area contributed by atoms with Gasteiger partial charge in [0.15, 0.2) is 0 Å². The lowest BCUT2D eigenvalue weighted by Crippen LogP contribution is -2.43. The highest BCUT2D eigenvalue weighted by atomic mass is 35.5. The standard InChI is InChI=1S/C40H53ClN12O2S/c1-29(36(54)45-16-5-23-53-24-21-43-19-17-42-18-20-44-22-25-53)47-39-49-38(46-28-30-8-12-32(41)13-9-30)50-40(51-39)55-27-26-52(2)33-14-10-31(11-15-33)37-48-34-6-3-4-7-35(34)56-37/h3-4,6-15,29,42-44H,5,16-28H2,1-2H3,(H,45,54)(H2,46,47,49,50,51)/t29-/m0/s1. The van der Waals surface area contributed by atoms with E-state index in [1.54, 1.807) is 18.3 Å². The molecule has 1 aliphatic rings. The van der Waals surface area contributed by atoms with Crippen LogP contribution in [0.3, 0.4) is 0 Å². The molecular weight excluding hydrogens is 748 g/mol. The summed E-state index contributed by atoms with van der Waals surface area (Å²) in [5.41, 5.74) is 4.15. The van der Waals surface area contributed by atoms with Gasteiger partial charge in [0.2, 0.25) is 17.8 Å². The molecule has 1 atom stereocenters. The molecule has 2 aromatic heterocycles. The second-order valence-corrected chi connectivity index (χ2v) is 15.1. The van der Waals surface area contributed by atoms with Gasteiger partial charge in [-0.25, -0.2) is 4.98 Å². The highest BCUT2D eigenvalue weighted by Crippen LogP contribution is 2.31. The van der Waals surface area contributed by atoms with Gasteiger partial charge >= 0.3 is 6.01 Å². The number of carbonyl (C=O) groups is 1. The first-order valence-corrected chi connectivity index (χ1v) is 20.5. The van der Waals surface area contributed by atoms with E-state index >= 15 is 0 Å². The van der Waals surface area contributed by atoms with Crippen LogP contribution in [0.15, 0.2) is 72.8 Å². The predicted molar refractivity (Wildman–Crippen MR) is 228 cm³/mol. The number of anilines is 3. The zero-order chi connectivity index (χ0) is 39.0. The minimum atomic E-state index is -0.588. The summed E-state index contributed by atoms with van der Waals surface area (Å²) in [4.78, 5) is 36.1. The maximum absolute atomic E-state index is 13.1. The summed E-state index contributed by atoms with van der Waals surface area (Å²) in [5, 5.41) is 21.6. The van der Waals surface area contributed by atoms with Crippen LogP contribution in [-0.2, 0) is 11.3 Å². The van der Waals surface area contributed by atoms with Crippen molar-refractivity contribution in [2.45, 2.75) is 25.9 Å². The van der Waals surface area contributed by atoms with Gasteiger partial charge in [-0.15, -0.1) is 11.3 Å². The van der Waals surface area contributed by atoms with Crippen LogP contribution in [0.2, 0.25) is 5.02 Å². The molecule has 5 aromatic rings. The summed E-state index contributed by atoms with van der Waals surface area (Å²) in [6.45, 7) is 12.4. The summed E-state index contributed by atoms with van der Waals surface area (Å²) in [6.07, 6.45) is 0.851. The summed E-state index contributed by atoms with van der Waals surface area (Å²) in [5.74, 6) is 0.429. The fourth-order valence-electron chi connectivity index (χ4n) is 6.07. The molecule has 0 saturated carbocycles. The number of thiazole rings is 1. The molecule has 16 heteroatoms. The van der Waals surface area contributed by atoms with E-state index in [0.717, 1.165) is 92.7 Å². The van der Waals surface area contributed by atoms with Gasteiger partial charge < -0.3 is 46.4 Å². The predicted octanol–water partition coefficient (Wildman–Crippen LogP) is 4.32. The van der Waals surface area contributed by atoms with Crippen molar-refractivity contribution in [2.75, 3.05) is 101 Å². The average Bonchev–Trinajstić information content (AvgIpc) is 3.65. The highest BCUT2D eigenvalue weighted by molar-refractivity contribution is 7.21. The van der Waals surface area contributed by atoms with Gasteiger partial charge in [0.05, 0.1) is 16.8 Å². The van der Waals surface area contributed by atoms with E-state index in [2.05, 4.69) is 87.0 Å². The number of amides is 1. The van der Waals surface area contributed by atoms with E-state index in [9.17, 15) is 4.79 Å². The van der Waals surface area contributed by atoms with Crippen molar-refractivity contribution >= 4 is 56.6 Å². The molecule has 298 valence electrons. The van der Waals surface area contributed by atoms with Crippen LogP contribution in [0.25, 0.3) is 20.8 Å². The Morgan fingerprint density at radius 1 is 0.893 bits per heavy atom. The molecule has 6 N–H and O–H groups in total. The third kappa shape index (κ3) is 13.0. The lowest BCUT2D eigenvalue weighted by molar-refractivity contribution is -0.121. The number of hydrogen-bond donors (Lipinski definition) is 6. The van der Waals surface area contributed by atoms with Gasteiger partial charge in [-0.1, -0.05) is 35.9 Å². The minimum Gasteiger partial charge on any atom is -0.461 e. The molecule has 1 amide bonds. The molecule has 0 bridgehead atoms. The Hall–Kier alpha value is -4.64. The molecule has 1 fully saturated rings. The number of carbonyl (C=O) groups excluding carboxylic acids is 1. The molecule has 1 aliphatic heterocycles. The molecule has 0 aliphatic carbocycles. The van der Waals surface area contributed by atoms with E-state index in [4.69, 9.17) is 21.3 Å². The number of halogens is 1. The Kier molecular flexibility index (Phi) is 15.8. The van der Waals surface area contributed by atoms with Crippen molar-refractivity contribution in [3.05, 3.63) is 83.4 Å². The van der Waals surface area contributed by atoms with Crippen LogP contribution in [0.5, 0.6) is 6.01 Å². The Labute approximate surface area is 338 Å². The van der Waals surface area contributed by atoms with E-state index < -0.39 is 6.04 Å². The first-order valence-electron chi connectivity index (χ1n) is 19.3. The number of ether oxygens (including phenoxy) is 1. The van der Waals surface area contributed by atoms with Gasteiger partial charge in [0.25, 0.3) is 0 Å². The molecule has 3 heterocycles. The number of likely N-dealkylation sites (N-methyl/N-ethyl adjacent to an activating group) is 1. The van der Waals surface area contributed by atoms with E-state index in [-0.39, 0.29) is 17.9 Å². The van der Waals surface area contributed by atoms with Crippen molar-refractivity contribution in [3.63, 3.8) is 0 Å². The SMILES string of the molecule is C[C@H](Nc1nc(NCc2ccc(Cl)cc2)nc(OCCN(C)c2ccc(-c3nc4ccccc4s3)cc2)n1)C(=O)NCCCN1CCNCCNCCNCC1. The normalized spacial score (nSPS) is 15.0. The fraction of sp³-hybridized carbons (Fsp3) is 0.425. The summed E-state index contributed by atoms with van der Waals surface area (Å²) in [7, 11) is 2.02. The quantitative estimate of drug-likeness (QED) is 0.0786. The van der Waals surface area contributed by atoms with E-state index in [0.29, 0.717) is 37.2 Å². The van der Waals surface area contributed by atoms with Gasteiger partial charge in [-0.05, 0) is 74.0 Å². The Morgan fingerprint density at radius 2 is 1.59 bits per heavy atom. The van der Waals surface area contributed by atoms with Crippen LogP contribution in [0.4, 0.5) is 17.6 Å². The van der Waals surface area contributed by atoms with E-state index in [1.807, 2.05) is 49.5 Å². The van der Waals surface area contributed by atoms with Crippen molar-refractivity contribution < 1.29 is 9.53 Å². The summed E-state index contributed by atoms with van der Waals surface area (Å²) >= 11 is 7.77. The first-order chi connectivity index (χ1) is 27.4. The first kappa shape index (κ1) is 41.0. The second-order valence-electron chi connectivity index (χ2n) is 13.7. The average molecular weight is 801 g/mol. The Morgan fingerprint density at radius 3 is 2.32 bits per heavy atom. The van der Waals surface area contributed by atoms with Crippen LogP contribution >= 0.6 is 22.9 Å². The largest absolute Gasteiger partial charge is 0.461 e. The molecule has 0 unspecified atom stereocenters. The van der Waals surface area contributed by atoms with Crippen molar-refractivity contribution in [1.29, 1.82) is 0 Å². The topological polar surface area (TPSA) is 157 Å². The summed E-state index contributed by atoms with van der Waals surface area (Å²) in [6, 6.07) is 23.7. The van der Waals surface area contributed by atoms with Gasteiger partial charge in [0, 0.05) is 88.8 Å². The molecule has 56 heavy (non-hydrogen) atoms. The number of hydrogen-bond acceptors (Lipinski definition) is 14. The smallest absolute Gasteiger partial charge is 0.323 e. The maximum atomic E-state index is 13.1. The molecule has 0 radical (unpaired) electrons. The molecule has 6 rings (SSSR count). The Balaban J connectivity index is 1.01. The van der Waals surface area contributed by atoms with Crippen LogP contribution < -0.4 is 41.5 Å². The fourth-order valence-corrected chi connectivity index (χ4v) is 7.17. The van der Waals surface area contributed by atoms with Crippen molar-refractivity contribution in [2.24, 2.45) is 0 Å². The zero-order valence-corrected chi connectivity index (χ0v) is 33.8. The molecule has 3 aromatic carbocycles. The number of nitrogens with one attached hydrogen (secondary N) is 6.